The zero-order valence-corrected chi connectivity index (χ0v) is 17.9. The SMILES string of the molecule is CCOc1ccc([C@@H]2N(C(C)=O)c3ccccc3-c3c(=O)[nH]c(SCC)n[n+]32)cc1. The number of para-hydroxylation sites is 1. The number of benzene rings is 2. The third-order valence-corrected chi connectivity index (χ3v) is 5.61. The van der Waals surface area contributed by atoms with E-state index in [1.165, 1.54) is 18.7 Å². The Bertz CT molecular complexity index is 1140. The van der Waals surface area contributed by atoms with Gasteiger partial charge < -0.3 is 4.74 Å². The van der Waals surface area contributed by atoms with Crippen LogP contribution in [0.25, 0.3) is 11.3 Å². The first-order chi connectivity index (χ1) is 14.5. The largest absolute Gasteiger partial charge is 0.494 e. The highest BCUT2D eigenvalue weighted by Gasteiger charge is 2.44. The Morgan fingerprint density at radius 3 is 2.60 bits per heavy atom. The van der Waals surface area contributed by atoms with Gasteiger partial charge in [-0.15, -0.1) is 0 Å². The van der Waals surface area contributed by atoms with Crippen LogP contribution in [0.5, 0.6) is 5.75 Å². The van der Waals surface area contributed by atoms with Crippen molar-refractivity contribution in [3.05, 3.63) is 64.4 Å². The van der Waals surface area contributed by atoms with Crippen molar-refractivity contribution in [1.29, 1.82) is 0 Å². The minimum atomic E-state index is -0.582. The van der Waals surface area contributed by atoms with E-state index >= 15 is 0 Å². The average molecular weight is 424 g/mol. The highest BCUT2D eigenvalue weighted by molar-refractivity contribution is 7.99. The summed E-state index contributed by atoms with van der Waals surface area (Å²) in [5.74, 6) is 1.38. The van der Waals surface area contributed by atoms with Crippen molar-refractivity contribution in [2.75, 3.05) is 17.3 Å². The normalized spacial score (nSPS) is 14.8. The van der Waals surface area contributed by atoms with Crippen LogP contribution in [-0.4, -0.2) is 28.3 Å². The summed E-state index contributed by atoms with van der Waals surface area (Å²) >= 11 is 1.45. The molecule has 4 rings (SSSR count). The summed E-state index contributed by atoms with van der Waals surface area (Å²) in [6.07, 6.45) is -0.582. The summed E-state index contributed by atoms with van der Waals surface area (Å²) in [6, 6.07) is 15.0. The first-order valence-electron chi connectivity index (χ1n) is 9.86. The van der Waals surface area contributed by atoms with Crippen molar-refractivity contribution in [3.8, 4) is 17.0 Å². The summed E-state index contributed by atoms with van der Waals surface area (Å²) < 4.78 is 7.22. The van der Waals surface area contributed by atoms with Crippen molar-refractivity contribution in [1.82, 2.24) is 10.1 Å². The molecule has 0 radical (unpaired) electrons. The van der Waals surface area contributed by atoms with Crippen LogP contribution in [-0.2, 0) is 4.79 Å². The van der Waals surface area contributed by atoms with E-state index in [-0.39, 0.29) is 11.5 Å². The number of carbonyl (C=O) groups excluding carboxylic acids is 1. The first kappa shape index (κ1) is 20.2. The van der Waals surface area contributed by atoms with Crippen LogP contribution in [0.3, 0.4) is 0 Å². The smallest absolute Gasteiger partial charge is 0.325 e. The van der Waals surface area contributed by atoms with Crippen molar-refractivity contribution in [2.24, 2.45) is 0 Å². The van der Waals surface area contributed by atoms with E-state index in [0.29, 0.717) is 28.7 Å². The molecule has 0 bridgehead atoms. The molecule has 3 aromatic rings. The Morgan fingerprint density at radius 2 is 1.93 bits per heavy atom. The summed E-state index contributed by atoms with van der Waals surface area (Å²) in [7, 11) is 0. The maximum atomic E-state index is 13.1. The molecule has 0 unspecified atom stereocenters. The van der Waals surface area contributed by atoms with Crippen molar-refractivity contribution in [2.45, 2.75) is 32.1 Å². The fraction of sp³-hybridized carbons (Fsp3) is 0.273. The minimum absolute atomic E-state index is 0.133. The number of thioether (sulfide) groups is 1. The summed E-state index contributed by atoms with van der Waals surface area (Å²) in [5.41, 5.74) is 2.40. The number of H-pyrrole nitrogens is 1. The van der Waals surface area contributed by atoms with Gasteiger partial charge >= 0.3 is 11.3 Å². The Morgan fingerprint density at radius 1 is 1.20 bits per heavy atom. The highest BCUT2D eigenvalue weighted by atomic mass is 32.2. The van der Waals surface area contributed by atoms with E-state index in [0.717, 1.165) is 17.1 Å². The molecule has 0 spiro atoms. The zero-order valence-electron chi connectivity index (χ0n) is 17.1. The lowest BCUT2D eigenvalue weighted by Gasteiger charge is -2.31. The average Bonchev–Trinajstić information content (AvgIpc) is 2.73. The predicted octanol–water partition coefficient (Wildman–Crippen LogP) is 3.15. The number of carbonyl (C=O) groups is 1. The van der Waals surface area contributed by atoms with Crippen molar-refractivity contribution >= 4 is 23.4 Å². The minimum Gasteiger partial charge on any atom is -0.494 e. The summed E-state index contributed by atoms with van der Waals surface area (Å²) in [5, 5.41) is 5.23. The highest BCUT2D eigenvalue weighted by Crippen LogP contribution is 2.37. The van der Waals surface area contributed by atoms with Gasteiger partial charge in [-0.1, -0.05) is 30.8 Å². The fourth-order valence-corrected chi connectivity index (χ4v) is 4.30. The van der Waals surface area contributed by atoms with E-state index < -0.39 is 6.17 Å². The second-order valence-corrected chi connectivity index (χ2v) is 8.02. The number of amides is 1. The van der Waals surface area contributed by atoms with Crippen LogP contribution >= 0.6 is 11.8 Å². The van der Waals surface area contributed by atoms with Crippen LogP contribution in [0.1, 0.15) is 32.5 Å². The molecule has 2 heterocycles. The molecule has 1 aromatic heterocycles. The van der Waals surface area contributed by atoms with E-state index in [4.69, 9.17) is 9.84 Å². The van der Waals surface area contributed by atoms with Crippen LogP contribution in [0.15, 0.2) is 58.5 Å². The van der Waals surface area contributed by atoms with Gasteiger partial charge in [0.1, 0.15) is 5.75 Å². The molecule has 1 atom stereocenters. The molecule has 30 heavy (non-hydrogen) atoms. The van der Waals surface area contributed by atoms with Crippen molar-refractivity contribution < 1.29 is 14.2 Å². The Hall–Kier alpha value is -3.13. The molecule has 1 N–H and O–H groups in total. The second kappa shape index (κ2) is 8.31. The number of hydrogen-bond donors (Lipinski definition) is 1. The molecule has 7 nitrogen and oxygen atoms in total. The Kier molecular flexibility index (Phi) is 5.59. The number of aromatic amines is 1. The number of ether oxygens (including phenoxy) is 1. The lowest BCUT2D eigenvalue weighted by atomic mass is 10.0. The van der Waals surface area contributed by atoms with E-state index in [1.54, 1.807) is 9.58 Å². The van der Waals surface area contributed by atoms with E-state index in [1.807, 2.05) is 62.4 Å². The quantitative estimate of drug-likeness (QED) is 0.504. The molecule has 2 aromatic carbocycles. The van der Waals surface area contributed by atoms with Crippen molar-refractivity contribution in [3.63, 3.8) is 0 Å². The first-order valence-corrected chi connectivity index (χ1v) is 10.8. The summed E-state index contributed by atoms with van der Waals surface area (Å²) in [6.45, 7) is 6.02. The van der Waals surface area contributed by atoms with Gasteiger partial charge in [0.15, 0.2) is 0 Å². The predicted molar refractivity (Wildman–Crippen MR) is 116 cm³/mol. The van der Waals surface area contributed by atoms with Crippen LogP contribution in [0.2, 0.25) is 0 Å². The summed E-state index contributed by atoms with van der Waals surface area (Å²) in [4.78, 5) is 30.4. The molecular formula is C22H23N4O3S+. The molecule has 154 valence electrons. The van der Waals surface area contributed by atoms with Crippen LogP contribution in [0, 0.1) is 0 Å². The number of fused-ring (bicyclic) bond motifs is 3. The maximum absolute atomic E-state index is 13.1. The van der Waals surface area contributed by atoms with Crippen LogP contribution in [0.4, 0.5) is 5.69 Å². The number of rotatable bonds is 5. The van der Waals surface area contributed by atoms with Gasteiger partial charge in [-0.3, -0.25) is 14.6 Å². The van der Waals surface area contributed by atoms with E-state index in [9.17, 15) is 9.59 Å². The second-order valence-electron chi connectivity index (χ2n) is 6.77. The maximum Gasteiger partial charge on any atom is 0.325 e. The molecule has 1 aliphatic rings. The molecule has 8 heteroatoms. The molecule has 1 aliphatic heterocycles. The number of aromatic nitrogens is 3. The molecular weight excluding hydrogens is 400 g/mol. The fourth-order valence-electron chi connectivity index (χ4n) is 3.72. The van der Waals surface area contributed by atoms with Gasteiger partial charge in [-0.05, 0) is 53.8 Å². The van der Waals surface area contributed by atoms with Gasteiger partial charge in [0.25, 0.3) is 6.17 Å². The van der Waals surface area contributed by atoms with Gasteiger partial charge in [0.05, 0.1) is 17.9 Å². The zero-order chi connectivity index (χ0) is 21.3. The number of nitrogens with zero attached hydrogens (tertiary/aromatic N) is 3. The third-order valence-electron chi connectivity index (χ3n) is 4.87. The van der Waals surface area contributed by atoms with Gasteiger partial charge in [0, 0.05) is 17.6 Å². The van der Waals surface area contributed by atoms with Gasteiger partial charge in [-0.2, -0.15) is 0 Å². The Labute approximate surface area is 178 Å². The molecule has 0 saturated carbocycles. The molecule has 1 amide bonds. The number of nitrogens with one attached hydrogen (secondary N) is 1. The Balaban J connectivity index is 1.98. The molecule has 0 saturated heterocycles. The molecule has 0 fully saturated rings. The lowest BCUT2D eigenvalue weighted by molar-refractivity contribution is -0.763. The topological polar surface area (TPSA) is 79.2 Å². The van der Waals surface area contributed by atoms with Crippen LogP contribution < -0.4 is 19.9 Å². The standard InChI is InChI=1S/C22H22N4O3S/c1-4-29-16-12-10-15(11-13-16)21-25(14(3)27)18-9-7-6-8-17(18)19-20(28)23-22(30-5-2)24-26(19)21/h6-13,21H,4-5H2,1-3H3/p+1/t21-/m1/s1. The lowest BCUT2D eigenvalue weighted by Crippen LogP contribution is -2.60. The third kappa shape index (κ3) is 3.47. The van der Waals surface area contributed by atoms with E-state index in [2.05, 4.69) is 4.98 Å². The monoisotopic (exact) mass is 423 g/mol. The van der Waals surface area contributed by atoms with Gasteiger partial charge in [-0.25, -0.2) is 4.90 Å². The van der Waals surface area contributed by atoms with Gasteiger partial charge in [0.2, 0.25) is 11.1 Å². The number of hydrogen-bond acceptors (Lipinski definition) is 5. The molecule has 0 aliphatic carbocycles. The number of anilines is 1.